The third kappa shape index (κ3) is 5.80. The van der Waals surface area contributed by atoms with E-state index in [0.717, 1.165) is 25.3 Å². The standard InChI is InChI=1S/C19H31N3O2/c1-19(2,9-12-23)21-18(24)16-5-4-6-17(13-16)20-14-15-7-10-22(3)11-8-15/h4-6,13,15,20,23H,7-12,14H2,1-3H3,(H,21,24). The number of hydrogen-bond acceptors (Lipinski definition) is 4. The van der Waals surface area contributed by atoms with Gasteiger partial charge in [0.15, 0.2) is 0 Å². The van der Waals surface area contributed by atoms with Crippen LogP contribution in [0.4, 0.5) is 5.69 Å². The Labute approximate surface area is 145 Å². The van der Waals surface area contributed by atoms with E-state index in [1.165, 1.54) is 12.8 Å². The molecule has 0 bridgehead atoms. The zero-order chi connectivity index (χ0) is 17.6. The molecule has 0 atom stereocenters. The third-order valence-corrected chi connectivity index (χ3v) is 4.75. The predicted octanol–water partition coefficient (Wildman–Crippen LogP) is 2.33. The highest BCUT2D eigenvalue weighted by molar-refractivity contribution is 5.95. The van der Waals surface area contributed by atoms with Gasteiger partial charge in [0.1, 0.15) is 0 Å². The first-order valence-electron chi connectivity index (χ1n) is 8.85. The van der Waals surface area contributed by atoms with Crippen LogP contribution in [0.1, 0.15) is 43.5 Å². The third-order valence-electron chi connectivity index (χ3n) is 4.75. The number of anilines is 1. The summed E-state index contributed by atoms with van der Waals surface area (Å²) in [5.74, 6) is 0.596. The second-order valence-electron chi connectivity index (χ2n) is 7.52. The number of nitrogens with zero attached hydrogens (tertiary/aromatic N) is 1. The molecule has 5 nitrogen and oxygen atoms in total. The van der Waals surface area contributed by atoms with E-state index in [0.29, 0.717) is 17.9 Å². The number of nitrogens with one attached hydrogen (secondary N) is 2. The average molecular weight is 333 g/mol. The van der Waals surface area contributed by atoms with E-state index in [9.17, 15) is 4.79 Å². The lowest BCUT2D eigenvalue weighted by molar-refractivity contribution is 0.0899. The van der Waals surface area contributed by atoms with E-state index in [2.05, 4.69) is 22.6 Å². The van der Waals surface area contributed by atoms with Gasteiger partial charge >= 0.3 is 0 Å². The van der Waals surface area contributed by atoms with Gasteiger partial charge in [-0.1, -0.05) is 6.07 Å². The van der Waals surface area contributed by atoms with Crippen molar-refractivity contribution in [2.75, 3.05) is 38.6 Å². The fourth-order valence-corrected chi connectivity index (χ4v) is 3.02. The fourth-order valence-electron chi connectivity index (χ4n) is 3.02. The molecule has 2 rings (SSSR count). The molecule has 0 radical (unpaired) electrons. The van der Waals surface area contributed by atoms with E-state index >= 15 is 0 Å². The largest absolute Gasteiger partial charge is 0.396 e. The summed E-state index contributed by atoms with van der Waals surface area (Å²) in [6.45, 7) is 7.18. The van der Waals surface area contributed by atoms with Gasteiger partial charge in [0, 0.05) is 29.9 Å². The topological polar surface area (TPSA) is 64.6 Å². The molecule has 5 heteroatoms. The number of aliphatic hydroxyl groups excluding tert-OH is 1. The monoisotopic (exact) mass is 333 g/mol. The van der Waals surface area contributed by atoms with Gasteiger partial charge in [0.2, 0.25) is 0 Å². The van der Waals surface area contributed by atoms with Gasteiger partial charge in [-0.15, -0.1) is 0 Å². The Bertz CT molecular complexity index is 537. The number of carbonyl (C=O) groups excluding carboxylic acids is 1. The minimum Gasteiger partial charge on any atom is -0.396 e. The van der Waals surface area contributed by atoms with Crippen LogP contribution in [0.5, 0.6) is 0 Å². The van der Waals surface area contributed by atoms with Crippen molar-refractivity contribution in [3.8, 4) is 0 Å². The zero-order valence-corrected chi connectivity index (χ0v) is 15.1. The maximum atomic E-state index is 12.4. The van der Waals surface area contributed by atoms with E-state index in [1.54, 1.807) is 0 Å². The summed E-state index contributed by atoms with van der Waals surface area (Å²) < 4.78 is 0. The molecule has 0 unspecified atom stereocenters. The van der Waals surface area contributed by atoms with Crippen molar-refractivity contribution < 1.29 is 9.90 Å². The Morgan fingerprint density at radius 3 is 2.71 bits per heavy atom. The predicted molar refractivity (Wildman–Crippen MR) is 98.4 cm³/mol. The van der Waals surface area contributed by atoms with Gasteiger partial charge < -0.3 is 20.6 Å². The number of benzene rings is 1. The van der Waals surface area contributed by atoms with Crippen LogP contribution in [-0.4, -0.2) is 54.7 Å². The first kappa shape index (κ1) is 18.7. The molecular formula is C19H31N3O2. The van der Waals surface area contributed by atoms with Crippen molar-refractivity contribution in [3.05, 3.63) is 29.8 Å². The second-order valence-corrected chi connectivity index (χ2v) is 7.52. The van der Waals surface area contributed by atoms with E-state index in [4.69, 9.17) is 5.11 Å². The lowest BCUT2D eigenvalue weighted by Gasteiger charge is -2.29. The van der Waals surface area contributed by atoms with Gasteiger partial charge in [0.25, 0.3) is 5.91 Å². The maximum absolute atomic E-state index is 12.4. The van der Waals surface area contributed by atoms with Gasteiger partial charge in [-0.25, -0.2) is 0 Å². The van der Waals surface area contributed by atoms with Gasteiger partial charge in [-0.05, 0) is 77.4 Å². The molecule has 1 fully saturated rings. The Hall–Kier alpha value is -1.59. The lowest BCUT2D eigenvalue weighted by Crippen LogP contribution is -2.44. The number of aliphatic hydroxyl groups is 1. The van der Waals surface area contributed by atoms with Crippen LogP contribution in [-0.2, 0) is 0 Å². The highest BCUT2D eigenvalue weighted by atomic mass is 16.3. The fraction of sp³-hybridized carbons (Fsp3) is 0.632. The summed E-state index contributed by atoms with van der Waals surface area (Å²) in [5.41, 5.74) is 1.22. The first-order chi connectivity index (χ1) is 11.4. The molecule has 1 heterocycles. The normalized spacial score (nSPS) is 16.8. The van der Waals surface area contributed by atoms with Crippen molar-refractivity contribution in [1.29, 1.82) is 0 Å². The van der Waals surface area contributed by atoms with Gasteiger partial charge in [0.05, 0.1) is 0 Å². The first-order valence-corrected chi connectivity index (χ1v) is 8.85. The van der Waals surface area contributed by atoms with Gasteiger partial charge in [-0.3, -0.25) is 4.79 Å². The molecule has 1 amide bonds. The SMILES string of the molecule is CN1CCC(CNc2cccc(C(=O)NC(C)(C)CCO)c2)CC1. The molecule has 1 saturated heterocycles. The Balaban J connectivity index is 1.90. The van der Waals surface area contributed by atoms with Crippen LogP contribution >= 0.6 is 0 Å². The molecule has 0 spiro atoms. The highest BCUT2D eigenvalue weighted by Crippen LogP contribution is 2.18. The van der Waals surface area contributed by atoms with E-state index < -0.39 is 5.54 Å². The molecule has 0 saturated carbocycles. The van der Waals surface area contributed by atoms with Crippen LogP contribution in [0.25, 0.3) is 0 Å². The molecule has 1 aliphatic heterocycles. The molecule has 0 aliphatic carbocycles. The van der Waals surface area contributed by atoms with Crippen molar-refractivity contribution >= 4 is 11.6 Å². The number of likely N-dealkylation sites (tertiary alicyclic amines) is 1. The van der Waals surface area contributed by atoms with Crippen LogP contribution in [0, 0.1) is 5.92 Å². The van der Waals surface area contributed by atoms with Crippen LogP contribution in [0.2, 0.25) is 0 Å². The number of carbonyl (C=O) groups is 1. The Morgan fingerprint density at radius 1 is 1.33 bits per heavy atom. The Kier molecular flexibility index (Phi) is 6.63. The summed E-state index contributed by atoms with van der Waals surface area (Å²) in [7, 11) is 2.17. The van der Waals surface area contributed by atoms with Crippen molar-refractivity contribution in [1.82, 2.24) is 10.2 Å². The Morgan fingerprint density at radius 2 is 2.04 bits per heavy atom. The second kappa shape index (κ2) is 8.49. The average Bonchev–Trinajstić information content (AvgIpc) is 2.54. The summed E-state index contributed by atoms with van der Waals surface area (Å²) >= 11 is 0. The lowest BCUT2D eigenvalue weighted by atomic mass is 9.97. The molecule has 1 aliphatic rings. The van der Waals surface area contributed by atoms with Crippen LogP contribution < -0.4 is 10.6 Å². The number of hydrogen-bond donors (Lipinski definition) is 3. The number of amides is 1. The molecule has 1 aromatic rings. The minimum absolute atomic E-state index is 0.0610. The highest BCUT2D eigenvalue weighted by Gasteiger charge is 2.21. The number of piperidine rings is 1. The molecule has 134 valence electrons. The van der Waals surface area contributed by atoms with Crippen LogP contribution in [0.15, 0.2) is 24.3 Å². The quantitative estimate of drug-likeness (QED) is 0.716. The molecule has 1 aromatic carbocycles. The molecule has 3 N–H and O–H groups in total. The summed E-state index contributed by atoms with van der Waals surface area (Å²) in [6, 6.07) is 7.64. The summed E-state index contributed by atoms with van der Waals surface area (Å²) in [4.78, 5) is 14.8. The van der Waals surface area contributed by atoms with Crippen LogP contribution in [0.3, 0.4) is 0 Å². The van der Waals surface area contributed by atoms with E-state index in [1.807, 2.05) is 38.1 Å². The zero-order valence-electron chi connectivity index (χ0n) is 15.1. The summed E-state index contributed by atoms with van der Waals surface area (Å²) in [5, 5.41) is 15.5. The van der Waals surface area contributed by atoms with Crippen molar-refractivity contribution in [2.45, 2.75) is 38.6 Å². The summed E-state index contributed by atoms with van der Waals surface area (Å²) in [6.07, 6.45) is 2.98. The van der Waals surface area contributed by atoms with Gasteiger partial charge in [-0.2, -0.15) is 0 Å². The number of rotatable bonds is 7. The molecule has 24 heavy (non-hydrogen) atoms. The van der Waals surface area contributed by atoms with Crippen molar-refractivity contribution in [3.63, 3.8) is 0 Å². The molecular weight excluding hydrogens is 302 g/mol. The minimum atomic E-state index is -0.413. The molecule has 0 aromatic heterocycles. The maximum Gasteiger partial charge on any atom is 0.251 e. The smallest absolute Gasteiger partial charge is 0.251 e. The van der Waals surface area contributed by atoms with E-state index in [-0.39, 0.29) is 12.5 Å². The van der Waals surface area contributed by atoms with Crippen molar-refractivity contribution in [2.24, 2.45) is 5.92 Å².